The Morgan fingerprint density at radius 3 is 2.67 bits per heavy atom. The van der Waals surface area contributed by atoms with Crippen molar-refractivity contribution in [1.29, 1.82) is 0 Å². The van der Waals surface area contributed by atoms with E-state index in [1.807, 2.05) is 30.3 Å². The van der Waals surface area contributed by atoms with Crippen LogP contribution >= 0.6 is 0 Å². The normalized spacial score (nSPS) is 25.2. The van der Waals surface area contributed by atoms with Crippen LogP contribution in [0.4, 0.5) is 4.39 Å². The third-order valence-corrected chi connectivity index (χ3v) is 4.35. The Hall–Kier alpha value is -1.38. The van der Waals surface area contributed by atoms with E-state index in [0.717, 1.165) is 25.0 Å². The fraction of sp³-hybridized carbons (Fsp3) is 0.611. The lowest BCUT2D eigenvalue weighted by Crippen LogP contribution is -2.25. The number of carbonyl (C=O) groups is 1. The Balaban J connectivity index is 1.86. The minimum atomic E-state index is -0.983. The molecule has 0 spiro atoms. The molecular formula is C18H25FO2. The third-order valence-electron chi connectivity index (χ3n) is 4.35. The van der Waals surface area contributed by atoms with Gasteiger partial charge in [-0.15, -0.1) is 0 Å². The predicted octanol–water partition coefficient (Wildman–Crippen LogP) is 4.58. The highest BCUT2D eigenvalue weighted by molar-refractivity contribution is 5.84. The van der Waals surface area contributed by atoms with Crippen LogP contribution in [0.3, 0.4) is 0 Å². The average Bonchev–Trinajstić information content (AvgIpc) is 2.76. The Morgan fingerprint density at radius 2 is 1.95 bits per heavy atom. The summed E-state index contributed by atoms with van der Waals surface area (Å²) in [6.45, 7) is 2.47. The zero-order valence-corrected chi connectivity index (χ0v) is 12.8. The molecule has 1 aliphatic rings. The number of halogens is 1. The van der Waals surface area contributed by atoms with Gasteiger partial charge in [-0.1, -0.05) is 50.8 Å². The van der Waals surface area contributed by atoms with Gasteiger partial charge in [-0.2, -0.15) is 0 Å². The smallest absolute Gasteiger partial charge is 0.142 e. The lowest BCUT2D eigenvalue weighted by molar-refractivity contribution is -0.122. The summed E-state index contributed by atoms with van der Waals surface area (Å²) in [5, 5.41) is 0. The molecule has 0 heterocycles. The van der Waals surface area contributed by atoms with E-state index in [9.17, 15) is 9.18 Å². The van der Waals surface area contributed by atoms with E-state index in [-0.39, 0.29) is 24.0 Å². The molecule has 1 unspecified atom stereocenters. The van der Waals surface area contributed by atoms with Crippen LogP contribution in [0.5, 0.6) is 5.75 Å². The molecule has 0 amide bonds. The molecule has 1 aromatic rings. The highest BCUT2D eigenvalue weighted by atomic mass is 19.1. The van der Waals surface area contributed by atoms with Crippen molar-refractivity contribution in [3.05, 3.63) is 30.3 Å². The fourth-order valence-electron chi connectivity index (χ4n) is 3.09. The van der Waals surface area contributed by atoms with Gasteiger partial charge in [-0.25, -0.2) is 4.39 Å². The molecule has 0 bridgehead atoms. The van der Waals surface area contributed by atoms with Gasteiger partial charge in [0.1, 0.15) is 17.7 Å². The predicted molar refractivity (Wildman–Crippen MR) is 82.2 cm³/mol. The molecule has 3 heteroatoms. The number of benzene rings is 1. The first-order valence-electron chi connectivity index (χ1n) is 8.07. The quantitative estimate of drug-likeness (QED) is 0.656. The van der Waals surface area contributed by atoms with Crippen LogP contribution < -0.4 is 4.74 Å². The third kappa shape index (κ3) is 4.55. The minimum Gasteiger partial charge on any atom is -0.493 e. The molecule has 0 saturated heterocycles. The monoisotopic (exact) mass is 292 g/mol. The maximum atomic E-state index is 14.0. The van der Waals surface area contributed by atoms with E-state index in [1.165, 1.54) is 12.8 Å². The molecule has 3 atom stereocenters. The zero-order chi connectivity index (χ0) is 15.1. The van der Waals surface area contributed by atoms with Crippen molar-refractivity contribution in [3.63, 3.8) is 0 Å². The topological polar surface area (TPSA) is 26.3 Å². The molecule has 0 aliphatic heterocycles. The Bertz CT molecular complexity index is 432. The number of alkyl halides is 1. The van der Waals surface area contributed by atoms with E-state index in [4.69, 9.17) is 4.74 Å². The van der Waals surface area contributed by atoms with Crippen LogP contribution in [-0.2, 0) is 4.79 Å². The average molecular weight is 292 g/mol. The molecule has 0 N–H and O–H groups in total. The Kier molecular flexibility index (Phi) is 6.21. The lowest BCUT2D eigenvalue weighted by Gasteiger charge is -2.20. The summed E-state index contributed by atoms with van der Waals surface area (Å²) in [5.74, 6) is 0.344. The van der Waals surface area contributed by atoms with Gasteiger partial charge >= 0.3 is 0 Å². The number of ketones is 1. The summed E-state index contributed by atoms with van der Waals surface area (Å²) < 4.78 is 19.7. The van der Waals surface area contributed by atoms with Crippen molar-refractivity contribution in [1.82, 2.24) is 0 Å². The number of hydrogen-bond acceptors (Lipinski definition) is 2. The lowest BCUT2D eigenvalue weighted by atomic mass is 9.90. The summed E-state index contributed by atoms with van der Waals surface area (Å²) in [6, 6.07) is 9.44. The first-order valence-corrected chi connectivity index (χ1v) is 8.07. The molecule has 1 saturated carbocycles. The highest BCUT2D eigenvalue weighted by Gasteiger charge is 2.42. The standard InChI is InChI=1S/C18H25FO2/c1-2-3-4-8-11-15-16(18(20)12-17(15)19)13-21-14-9-6-5-7-10-14/h5-7,9-10,15-17H,2-4,8,11-13H2,1H3/t15-,16-,17?/m1/s1. The first-order chi connectivity index (χ1) is 10.2. The molecule has 1 aliphatic carbocycles. The fourth-order valence-corrected chi connectivity index (χ4v) is 3.09. The summed E-state index contributed by atoms with van der Waals surface area (Å²) >= 11 is 0. The van der Waals surface area contributed by atoms with E-state index in [1.54, 1.807) is 0 Å². The summed E-state index contributed by atoms with van der Waals surface area (Å²) in [5.41, 5.74) is 0. The maximum absolute atomic E-state index is 14.0. The van der Waals surface area contributed by atoms with Crippen LogP contribution in [0.1, 0.15) is 45.4 Å². The first kappa shape index (κ1) is 16.0. The summed E-state index contributed by atoms with van der Waals surface area (Å²) in [4.78, 5) is 12.0. The highest BCUT2D eigenvalue weighted by Crippen LogP contribution is 2.36. The van der Waals surface area contributed by atoms with Crippen molar-refractivity contribution < 1.29 is 13.9 Å². The SMILES string of the molecule is CCCCCC[C@H]1C(F)CC(=O)[C@@H]1COc1ccccc1. The number of rotatable bonds is 8. The summed E-state index contributed by atoms with van der Waals surface area (Å²) in [7, 11) is 0. The van der Waals surface area contributed by atoms with Crippen LogP contribution in [0.2, 0.25) is 0 Å². The van der Waals surface area contributed by atoms with Gasteiger partial charge in [-0.3, -0.25) is 4.79 Å². The maximum Gasteiger partial charge on any atom is 0.142 e. The zero-order valence-electron chi connectivity index (χ0n) is 12.8. The van der Waals surface area contributed by atoms with Crippen LogP contribution in [0.25, 0.3) is 0 Å². The van der Waals surface area contributed by atoms with E-state index in [0.29, 0.717) is 6.61 Å². The second-order valence-electron chi connectivity index (χ2n) is 5.93. The van der Waals surface area contributed by atoms with Gasteiger partial charge in [0.15, 0.2) is 0 Å². The molecule has 2 rings (SSSR count). The molecule has 1 aromatic carbocycles. The number of unbranched alkanes of at least 4 members (excludes halogenated alkanes) is 3. The van der Waals surface area contributed by atoms with Crippen LogP contribution in [-0.4, -0.2) is 18.6 Å². The molecule has 21 heavy (non-hydrogen) atoms. The van der Waals surface area contributed by atoms with Crippen molar-refractivity contribution in [2.75, 3.05) is 6.61 Å². The van der Waals surface area contributed by atoms with Gasteiger partial charge < -0.3 is 4.74 Å². The second-order valence-corrected chi connectivity index (χ2v) is 5.93. The number of para-hydroxylation sites is 1. The molecule has 0 radical (unpaired) electrons. The number of ether oxygens (including phenoxy) is 1. The minimum absolute atomic E-state index is 0.0268. The van der Waals surface area contributed by atoms with Gasteiger partial charge in [0.2, 0.25) is 0 Å². The van der Waals surface area contributed by atoms with Gasteiger partial charge in [-0.05, 0) is 18.6 Å². The van der Waals surface area contributed by atoms with Crippen LogP contribution in [0, 0.1) is 11.8 Å². The molecule has 116 valence electrons. The second kappa shape index (κ2) is 8.16. The van der Waals surface area contributed by atoms with Gasteiger partial charge in [0, 0.05) is 12.3 Å². The van der Waals surface area contributed by atoms with Crippen molar-refractivity contribution in [2.45, 2.75) is 51.6 Å². The van der Waals surface area contributed by atoms with Crippen molar-refractivity contribution >= 4 is 5.78 Å². The van der Waals surface area contributed by atoms with E-state index < -0.39 is 6.17 Å². The largest absolute Gasteiger partial charge is 0.493 e. The Morgan fingerprint density at radius 1 is 1.19 bits per heavy atom. The molecule has 2 nitrogen and oxygen atoms in total. The van der Waals surface area contributed by atoms with Crippen molar-refractivity contribution in [2.24, 2.45) is 11.8 Å². The molecule has 0 aromatic heterocycles. The van der Waals surface area contributed by atoms with E-state index >= 15 is 0 Å². The number of hydrogen-bond donors (Lipinski definition) is 0. The number of Topliss-reactive ketones (excluding diaryl/α,β-unsaturated/α-hetero) is 1. The van der Waals surface area contributed by atoms with Gasteiger partial charge in [0.25, 0.3) is 0 Å². The molecular weight excluding hydrogens is 267 g/mol. The molecule has 1 fully saturated rings. The number of carbonyl (C=O) groups excluding carboxylic acids is 1. The van der Waals surface area contributed by atoms with E-state index in [2.05, 4.69) is 6.92 Å². The van der Waals surface area contributed by atoms with Crippen LogP contribution in [0.15, 0.2) is 30.3 Å². The van der Waals surface area contributed by atoms with Crippen molar-refractivity contribution in [3.8, 4) is 5.75 Å². The van der Waals surface area contributed by atoms with Gasteiger partial charge in [0.05, 0.1) is 12.5 Å². The summed E-state index contributed by atoms with van der Waals surface area (Å²) in [6.07, 6.45) is 4.38. The Labute approximate surface area is 126 Å².